The van der Waals surface area contributed by atoms with Crippen LogP contribution in [0.25, 0.3) is 0 Å². The van der Waals surface area contributed by atoms with Crippen LogP contribution in [-0.4, -0.2) is 33.0 Å². The molecule has 1 aromatic rings. The van der Waals surface area contributed by atoms with Gasteiger partial charge in [-0.15, -0.1) is 0 Å². The maximum absolute atomic E-state index is 5.70. The van der Waals surface area contributed by atoms with E-state index in [-0.39, 0.29) is 0 Å². The van der Waals surface area contributed by atoms with E-state index in [0.29, 0.717) is 12.1 Å². The summed E-state index contributed by atoms with van der Waals surface area (Å²) in [5, 5.41) is 3.61. The Bertz CT molecular complexity index is 429. The van der Waals surface area contributed by atoms with E-state index >= 15 is 0 Å². The Balaban J connectivity index is 1.69. The van der Waals surface area contributed by atoms with Gasteiger partial charge in [0.1, 0.15) is 11.5 Å². The van der Waals surface area contributed by atoms with Crippen LogP contribution in [0.3, 0.4) is 0 Å². The standard InChI is InChI=1S/C15H21NO3/c1-17-11-4-5-15-13(9-11)14(6-8-19-15)16-10-12-3-2-7-18-12/h4-5,9,12,14,16H,2-3,6-8,10H2,1H3. The first-order chi connectivity index (χ1) is 9.36. The van der Waals surface area contributed by atoms with Crippen molar-refractivity contribution in [3.05, 3.63) is 23.8 Å². The molecule has 2 heterocycles. The lowest BCUT2D eigenvalue weighted by molar-refractivity contribution is 0.105. The highest BCUT2D eigenvalue weighted by atomic mass is 16.5. The monoisotopic (exact) mass is 263 g/mol. The number of ether oxygens (including phenoxy) is 3. The normalized spacial score (nSPS) is 25.7. The van der Waals surface area contributed by atoms with Crippen molar-refractivity contribution in [2.24, 2.45) is 0 Å². The van der Waals surface area contributed by atoms with E-state index in [4.69, 9.17) is 14.2 Å². The van der Waals surface area contributed by atoms with Gasteiger partial charge in [-0.3, -0.25) is 0 Å². The Hall–Kier alpha value is -1.26. The summed E-state index contributed by atoms with van der Waals surface area (Å²) in [5.74, 6) is 1.85. The SMILES string of the molecule is COc1ccc2c(c1)C(NCC1CCCO1)CCO2. The molecule has 2 aliphatic rings. The molecule has 1 N–H and O–H groups in total. The molecule has 0 spiro atoms. The number of fused-ring (bicyclic) bond motifs is 1. The molecule has 3 rings (SSSR count). The molecule has 0 aliphatic carbocycles. The highest BCUT2D eigenvalue weighted by molar-refractivity contribution is 5.43. The molecule has 0 saturated carbocycles. The van der Waals surface area contributed by atoms with Gasteiger partial charge in [-0.2, -0.15) is 0 Å². The highest BCUT2D eigenvalue weighted by Crippen LogP contribution is 2.34. The zero-order chi connectivity index (χ0) is 13.1. The summed E-state index contributed by atoms with van der Waals surface area (Å²) in [7, 11) is 1.69. The van der Waals surface area contributed by atoms with Crippen LogP contribution in [0.2, 0.25) is 0 Å². The molecular formula is C15H21NO3. The Morgan fingerprint density at radius 2 is 2.26 bits per heavy atom. The molecule has 1 saturated heterocycles. The summed E-state index contributed by atoms with van der Waals surface area (Å²) in [6.45, 7) is 2.59. The van der Waals surface area contributed by atoms with E-state index < -0.39 is 0 Å². The minimum absolute atomic E-state index is 0.336. The van der Waals surface area contributed by atoms with Gasteiger partial charge in [0, 0.05) is 31.2 Å². The fourth-order valence-corrected chi connectivity index (χ4v) is 2.79. The summed E-state index contributed by atoms with van der Waals surface area (Å²) in [5.41, 5.74) is 1.20. The zero-order valence-corrected chi connectivity index (χ0v) is 11.4. The Kier molecular flexibility index (Phi) is 3.89. The Labute approximate surface area is 114 Å². The lowest BCUT2D eigenvalue weighted by Gasteiger charge is -2.28. The number of hydrogen-bond acceptors (Lipinski definition) is 4. The summed E-state index contributed by atoms with van der Waals surface area (Å²) in [6, 6.07) is 6.35. The van der Waals surface area contributed by atoms with Crippen LogP contribution in [0.4, 0.5) is 0 Å². The van der Waals surface area contributed by atoms with Crippen LogP contribution in [0.15, 0.2) is 18.2 Å². The number of methoxy groups -OCH3 is 1. The lowest BCUT2D eigenvalue weighted by Crippen LogP contribution is -2.33. The Morgan fingerprint density at radius 1 is 1.32 bits per heavy atom. The van der Waals surface area contributed by atoms with E-state index in [1.807, 2.05) is 12.1 Å². The summed E-state index contributed by atoms with van der Waals surface area (Å²) in [6.07, 6.45) is 3.72. The summed E-state index contributed by atoms with van der Waals surface area (Å²) >= 11 is 0. The van der Waals surface area contributed by atoms with Crippen LogP contribution in [0.5, 0.6) is 11.5 Å². The third-order valence-corrected chi connectivity index (χ3v) is 3.87. The number of rotatable bonds is 4. The van der Waals surface area contributed by atoms with Gasteiger partial charge in [-0.1, -0.05) is 0 Å². The van der Waals surface area contributed by atoms with Crippen LogP contribution in [0.1, 0.15) is 30.9 Å². The molecule has 4 nitrogen and oxygen atoms in total. The predicted molar refractivity (Wildman–Crippen MR) is 72.8 cm³/mol. The smallest absolute Gasteiger partial charge is 0.124 e. The van der Waals surface area contributed by atoms with Gasteiger partial charge in [0.2, 0.25) is 0 Å². The molecule has 4 heteroatoms. The van der Waals surface area contributed by atoms with Gasteiger partial charge in [0.25, 0.3) is 0 Å². The molecule has 0 bridgehead atoms. The molecular weight excluding hydrogens is 242 g/mol. The van der Waals surface area contributed by atoms with Crippen molar-refractivity contribution < 1.29 is 14.2 Å². The van der Waals surface area contributed by atoms with Crippen LogP contribution >= 0.6 is 0 Å². The molecule has 0 radical (unpaired) electrons. The fourth-order valence-electron chi connectivity index (χ4n) is 2.79. The number of nitrogens with one attached hydrogen (secondary N) is 1. The van der Waals surface area contributed by atoms with E-state index in [1.54, 1.807) is 7.11 Å². The maximum Gasteiger partial charge on any atom is 0.124 e. The Morgan fingerprint density at radius 3 is 3.05 bits per heavy atom. The molecule has 0 amide bonds. The number of hydrogen-bond donors (Lipinski definition) is 1. The van der Waals surface area contributed by atoms with Crippen LogP contribution in [-0.2, 0) is 4.74 Å². The maximum atomic E-state index is 5.70. The second-order valence-electron chi connectivity index (χ2n) is 5.14. The quantitative estimate of drug-likeness (QED) is 0.904. The average molecular weight is 263 g/mol. The summed E-state index contributed by atoms with van der Waals surface area (Å²) in [4.78, 5) is 0. The second kappa shape index (κ2) is 5.80. The topological polar surface area (TPSA) is 39.7 Å². The zero-order valence-electron chi connectivity index (χ0n) is 11.4. The lowest BCUT2D eigenvalue weighted by atomic mass is 10.00. The van der Waals surface area contributed by atoms with Gasteiger partial charge >= 0.3 is 0 Å². The van der Waals surface area contributed by atoms with Gasteiger partial charge in [-0.25, -0.2) is 0 Å². The van der Waals surface area contributed by atoms with Gasteiger partial charge < -0.3 is 19.5 Å². The van der Waals surface area contributed by atoms with E-state index in [2.05, 4.69) is 11.4 Å². The molecule has 2 unspecified atom stereocenters. The third kappa shape index (κ3) is 2.85. The average Bonchev–Trinajstić information content (AvgIpc) is 2.97. The largest absolute Gasteiger partial charge is 0.497 e. The van der Waals surface area contributed by atoms with Gasteiger partial charge in [-0.05, 0) is 31.0 Å². The fraction of sp³-hybridized carbons (Fsp3) is 0.600. The van der Waals surface area contributed by atoms with Crippen molar-refractivity contribution in [3.63, 3.8) is 0 Å². The number of benzene rings is 1. The molecule has 1 aromatic carbocycles. The molecule has 2 atom stereocenters. The molecule has 1 fully saturated rings. The van der Waals surface area contributed by atoms with Crippen molar-refractivity contribution in [2.75, 3.05) is 26.9 Å². The molecule has 19 heavy (non-hydrogen) atoms. The first-order valence-corrected chi connectivity index (χ1v) is 7.02. The van der Waals surface area contributed by atoms with E-state index in [1.165, 1.54) is 18.4 Å². The second-order valence-corrected chi connectivity index (χ2v) is 5.14. The first-order valence-electron chi connectivity index (χ1n) is 7.02. The van der Waals surface area contributed by atoms with Crippen LogP contribution < -0.4 is 14.8 Å². The van der Waals surface area contributed by atoms with Crippen molar-refractivity contribution in [2.45, 2.75) is 31.4 Å². The molecule has 104 valence electrons. The van der Waals surface area contributed by atoms with Gasteiger partial charge in [0.05, 0.1) is 19.8 Å². The molecule has 2 aliphatic heterocycles. The highest BCUT2D eigenvalue weighted by Gasteiger charge is 2.24. The van der Waals surface area contributed by atoms with Crippen molar-refractivity contribution in [1.29, 1.82) is 0 Å². The predicted octanol–water partition coefficient (Wildman–Crippen LogP) is 2.29. The van der Waals surface area contributed by atoms with Gasteiger partial charge in [0.15, 0.2) is 0 Å². The van der Waals surface area contributed by atoms with Crippen molar-refractivity contribution in [1.82, 2.24) is 5.32 Å². The minimum atomic E-state index is 0.336. The van der Waals surface area contributed by atoms with E-state index in [0.717, 1.165) is 37.7 Å². The van der Waals surface area contributed by atoms with Crippen molar-refractivity contribution in [3.8, 4) is 11.5 Å². The first kappa shape index (κ1) is 12.8. The molecule has 0 aromatic heterocycles. The van der Waals surface area contributed by atoms with E-state index in [9.17, 15) is 0 Å². The van der Waals surface area contributed by atoms with Crippen LogP contribution in [0, 0.1) is 0 Å². The minimum Gasteiger partial charge on any atom is -0.497 e. The van der Waals surface area contributed by atoms with Crippen molar-refractivity contribution >= 4 is 0 Å². The third-order valence-electron chi connectivity index (χ3n) is 3.87. The summed E-state index contributed by atoms with van der Waals surface area (Å²) < 4.78 is 16.7.